The number of anilines is 1. The van der Waals surface area contributed by atoms with Gasteiger partial charge in [-0.2, -0.15) is 0 Å². The minimum absolute atomic E-state index is 0.616. The van der Waals surface area contributed by atoms with Crippen LogP contribution < -0.4 is 5.32 Å². The lowest BCUT2D eigenvalue weighted by Crippen LogP contribution is -2.03. The molecule has 102 valence electrons. The Morgan fingerprint density at radius 1 is 1.26 bits per heavy atom. The van der Waals surface area contributed by atoms with E-state index in [9.17, 15) is 0 Å². The second-order valence-corrected chi connectivity index (χ2v) is 5.56. The van der Waals surface area contributed by atoms with E-state index in [1.54, 1.807) is 0 Å². The zero-order valence-electron chi connectivity index (χ0n) is 10.6. The molecule has 19 heavy (non-hydrogen) atoms. The van der Waals surface area contributed by atoms with Crippen LogP contribution in [0.25, 0.3) is 0 Å². The van der Waals surface area contributed by atoms with Crippen LogP contribution >= 0.6 is 31.9 Å². The Morgan fingerprint density at radius 3 is 2.74 bits per heavy atom. The van der Waals surface area contributed by atoms with Crippen molar-refractivity contribution in [1.82, 2.24) is 0 Å². The monoisotopic (exact) mass is 387 g/mol. The van der Waals surface area contributed by atoms with Gasteiger partial charge in [0, 0.05) is 17.9 Å². The number of halogens is 2. The van der Waals surface area contributed by atoms with E-state index in [1.165, 1.54) is 0 Å². The molecule has 0 fully saturated rings. The van der Waals surface area contributed by atoms with Crippen LogP contribution in [0.5, 0.6) is 0 Å². The van der Waals surface area contributed by atoms with Crippen LogP contribution in [0.2, 0.25) is 0 Å². The van der Waals surface area contributed by atoms with Crippen molar-refractivity contribution in [2.24, 2.45) is 0 Å². The highest BCUT2D eigenvalue weighted by molar-refractivity contribution is 9.13. The number of hydrogen-bond acceptors (Lipinski definition) is 3. The Hall–Kier alpha value is -0.780. The van der Waals surface area contributed by atoms with E-state index in [4.69, 9.17) is 9.15 Å². The quantitative estimate of drug-likeness (QED) is 0.759. The summed E-state index contributed by atoms with van der Waals surface area (Å²) >= 11 is 6.73. The maximum Gasteiger partial charge on any atom is 0.183 e. The Balaban J connectivity index is 2.02. The first-order valence-corrected chi connectivity index (χ1v) is 7.62. The van der Waals surface area contributed by atoms with Crippen LogP contribution in [0.3, 0.4) is 0 Å². The Morgan fingerprint density at radius 2 is 2.05 bits per heavy atom. The SMILES string of the molecule is CCOCc1ccccc1NCc1cc(Br)c(Br)o1. The van der Waals surface area contributed by atoms with Gasteiger partial charge in [0.05, 0.1) is 17.6 Å². The van der Waals surface area contributed by atoms with Gasteiger partial charge < -0.3 is 14.5 Å². The summed E-state index contributed by atoms with van der Waals surface area (Å²) in [5, 5.41) is 3.36. The van der Waals surface area contributed by atoms with Gasteiger partial charge in [0.15, 0.2) is 4.67 Å². The Labute approximate surface area is 129 Å². The number of nitrogens with one attached hydrogen (secondary N) is 1. The standard InChI is InChI=1S/C14H15Br2NO2/c1-2-18-9-10-5-3-4-6-13(10)17-8-11-7-12(15)14(16)19-11/h3-7,17H,2,8-9H2,1H3. The van der Waals surface area contributed by atoms with Crippen molar-refractivity contribution in [1.29, 1.82) is 0 Å². The summed E-state index contributed by atoms with van der Waals surface area (Å²) in [5.74, 6) is 0.866. The van der Waals surface area contributed by atoms with E-state index in [-0.39, 0.29) is 0 Å². The summed E-state index contributed by atoms with van der Waals surface area (Å²) in [6.07, 6.45) is 0. The van der Waals surface area contributed by atoms with Gasteiger partial charge in [-0.05, 0) is 50.9 Å². The zero-order valence-corrected chi connectivity index (χ0v) is 13.8. The summed E-state index contributed by atoms with van der Waals surface area (Å²) in [6, 6.07) is 10.1. The maximum atomic E-state index is 5.53. The summed E-state index contributed by atoms with van der Waals surface area (Å²) in [5.41, 5.74) is 2.22. The number of ether oxygens (including phenoxy) is 1. The minimum atomic E-state index is 0.616. The van der Waals surface area contributed by atoms with Crippen molar-refractivity contribution in [2.45, 2.75) is 20.1 Å². The third-order valence-electron chi connectivity index (χ3n) is 2.63. The van der Waals surface area contributed by atoms with Gasteiger partial charge in [0.1, 0.15) is 5.76 Å². The number of benzene rings is 1. The fraction of sp³-hybridized carbons (Fsp3) is 0.286. The number of furan rings is 1. The average molecular weight is 389 g/mol. The first kappa shape index (κ1) is 14.6. The number of para-hydroxylation sites is 1. The molecule has 0 aliphatic heterocycles. The van der Waals surface area contributed by atoms with Gasteiger partial charge in [-0.1, -0.05) is 18.2 Å². The highest BCUT2D eigenvalue weighted by Crippen LogP contribution is 2.27. The fourth-order valence-electron chi connectivity index (χ4n) is 1.69. The lowest BCUT2D eigenvalue weighted by Gasteiger charge is -2.10. The molecule has 3 nitrogen and oxygen atoms in total. The topological polar surface area (TPSA) is 34.4 Å². The average Bonchev–Trinajstić information content (AvgIpc) is 2.74. The lowest BCUT2D eigenvalue weighted by atomic mass is 10.2. The number of rotatable bonds is 6. The Bertz CT molecular complexity index is 520. The highest BCUT2D eigenvalue weighted by Gasteiger charge is 2.07. The lowest BCUT2D eigenvalue weighted by molar-refractivity contribution is 0.134. The van der Waals surface area contributed by atoms with Crippen molar-refractivity contribution in [3.63, 3.8) is 0 Å². The normalized spacial score (nSPS) is 10.7. The van der Waals surface area contributed by atoms with Gasteiger partial charge in [-0.25, -0.2) is 0 Å². The van der Waals surface area contributed by atoms with Gasteiger partial charge in [0.25, 0.3) is 0 Å². The first-order valence-electron chi connectivity index (χ1n) is 6.04. The summed E-state index contributed by atoms with van der Waals surface area (Å²) < 4.78 is 12.6. The largest absolute Gasteiger partial charge is 0.451 e. The van der Waals surface area contributed by atoms with E-state index >= 15 is 0 Å². The molecule has 0 aliphatic rings. The molecular formula is C14H15Br2NO2. The minimum Gasteiger partial charge on any atom is -0.451 e. The molecule has 5 heteroatoms. The van der Waals surface area contributed by atoms with Gasteiger partial charge in [0.2, 0.25) is 0 Å². The third-order valence-corrected chi connectivity index (χ3v) is 4.34. The van der Waals surface area contributed by atoms with Gasteiger partial charge in [-0.15, -0.1) is 0 Å². The van der Waals surface area contributed by atoms with Crippen molar-refractivity contribution in [3.05, 3.63) is 50.8 Å². The van der Waals surface area contributed by atoms with Crippen molar-refractivity contribution < 1.29 is 9.15 Å². The predicted octanol–water partition coefficient (Wildman–Crippen LogP) is 4.95. The Kier molecular flexibility index (Phi) is 5.48. The van der Waals surface area contributed by atoms with E-state index < -0.39 is 0 Å². The second kappa shape index (κ2) is 7.12. The second-order valence-electron chi connectivity index (χ2n) is 3.98. The summed E-state index contributed by atoms with van der Waals surface area (Å²) in [6.45, 7) is 3.96. The first-order chi connectivity index (χ1) is 9.20. The molecule has 0 atom stereocenters. The van der Waals surface area contributed by atoms with Gasteiger partial charge in [-0.3, -0.25) is 0 Å². The van der Waals surface area contributed by atoms with Crippen LogP contribution in [0.15, 0.2) is 43.9 Å². The zero-order chi connectivity index (χ0) is 13.7. The molecule has 0 unspecified atom stereocenters. The smallest absolute Gasteiger partial charge is 0.183 e. The van der Waals surface area contributed by atoms with E-state index in [1.807, 2.05) is 31.2 Å². The van der Waals surface area contributed by atoms with Gasteiger partial charge >= 0.3 is 0 Å². The molecule has 1 aromatic heterocycles. The molecule has 0 saturated carbocycles. The van der Waals surface area contributed by atoms with Crippen molar-refractivity contribution in [2.75, 3.05) is 11.9 Å². The molecule has 0 saturated heterocycles. The fourth-order valence-corrected chi connectivity index (χ4v) is 2.35. The van der Waals surface area contributed by atoms with E-state index in [0.717, 1.165) is 21.5 Å². The van der Waals surface area contributed by atoms with E-state index in [0.29, 0.717) is 24.4 Å². The van der Waals surface area contributed by atoms with Crippen LogP contribution in [0.1, 0.15) is 18.2 Å². The van der Waals surface area contributed by atoms with Crippen LogP contribution in [0, 0.1) is 0 Å². The molecule has 0 radical (unpaired) electrons. The molecule has 1 aromatic carbocycles. The van der Waals surface area contributed by atoms with Crippen LogP contribution in [0.4, 0.5) is 5.69 Å². The molecule has 1 heterocycles. The molecule has 2 aromatic rings. The van der Waals surface area contributed by atoms with Crippen molar-refractivity contribution in [3.8, 4) is 0 Å². The molecule has 0 aliphatic carbocycles. The van der Waals surface area contributed by atoms with E-state index in [2.05, 4.69) is 43.2 Å². The predicted molar refractivity (Wildman–Crippen MR) is 83.2 cm³/mol. The highest BCUT2D eigenvalue weighted by atomic mass is 79.9. The molecule has 2 rings (SSSR count). The number of hydrogen-bond donors (Lipinski definition) is 1. The summed E-state index contributed by atoms with van der Waals surface area (Å²) in [4.78, 5) is 0. The van der Waals surface area contributed by atoms with Crippen LogP contribution in [-0.4, -0.2) is 6.61 Å². The third kappa shape index (κ3) is 4.09. The summed E-state index contributed by atoms with van der Waals surface area (Å²) in [7, 11) is 0. The molecular weight excluding hydrogens is 374 g/mol. The maximum absolute atomic E-state index is 5.53. The molecule has 0 bridgehead atoms. The van der Waals surface area contributed by atoms with Crippen LogP contribution in [-0.2, 0) is 17.9 Å². The van der Waals surface area contributed by atoms with Crippen molar-refractivity contribution >= 4 is 37.5 Å². The molecule has 0 spiro atoms. The molecule has 1 N–H and O–H groups in total. The molecule has 0 amide bonds.